The number of ketones is 2. The summed E-state index contributed by atoms with van der Waals surface area (Å²) >= 11 is 1.16. The predicted molar refractivity (Wildman–Crippen MR) is 78.7 cm³/mol. The van der Waals surface area contributed by atoms with Crippen LogP contribution >= 0.6 is 11.3 Å². The van der Waals surface area contributed by atoms with Gasteiger partial charge < -0.3 is 5.32 Å². The van der Waals surface area contributed by atoms with Crippen LogP contribution in [0.5, 0.6) is 0 Å². The summed E-state index contributed by atoms with van der Waals surface area (Å²) in [5.74, 6) is -0.342. The third-order valence-electron chi connectivity index (χ3n) is 2.73. The van der Waals surface area contributed by atoms with Gasteiger partial charge in [0.2, 0.25) is 0 Å². The molecular weight excluding hydrogens is 274 g/mol. The maximum atomic E-state index is 12.0. The Balaban J connectivity index is 2.10. The number of hydrogen-bond acceptors (Lipinski definition) is 4. The highest BCUT2D eigenvalue weighted by molar-refractivity contribution is 7.16. The van der Waals surface area contributed by atoms with Crippen LogP contribution in [0.2, 0.25) is 0 Å². The van der Waals surface area contributed by atoms with Gasteiger partial charge in [0.1, 0.15) is 0 Å². The largest absolute Gasteiger partial charge is 0.321 e. The van der Waals surface area contributed by atoms with Crippen molar-refractivity contribution in [1.29, 1.82) is 0 Å². The van der Waals surface area contributed by atoms with E-state index in [9.17, 15) is 14.4 Å². The molecule has 0 spiro atoms. The van der Waals surface area contributed by atoms with Crippen LogP contribution in [0.1, 0.15) is 43.5 Å². The van der Waals surface area contributed by atoms with E-state index in [-0.39, 0.29) is 17.5 Å². The highest BCUT2D eigenvalue weighted by Crippen LogP contribution is 2.19. The van der Waals surface area contributed by atoms with Gasteiger partial charge in [-0.05, 0) is 50.2 Å². The molecule has 2 rings (SSSR count). The summed E-state index contributed by atoms with van der Waals surface area (Å²) in [7, 11) is 0. The number of nitrogens with one attached hydrogen (secondary N) is 1. The number of rotatable bonds is 4. The van der Waals surface area contributed by atoms with E-state index in [1.165, 1.54) is 13.8 Å². The van der Waals surface area contributed by atoms with Gasteiger partial charge in [0.05, 0.1) is 9.75 Å². The molecule has 0 aliphatic carbocycles. The van der Waals surface area contributed by atoms with E-state index in [2.05, 4.69) is 5.32 Å². The third-order valence-corrected chi connectivity index (χ3v) is 3.91. The molecule has 102 valence electrons. The minimum absolute atomic E-state index is 0.0211. The summed E-state index contributed by atoms with van der Waals surface area (Å²) in [6.07, 6.45) is 0. The number of carbonyl (C=O) groups excluding carboxylic acids is 3. The first-order chi connectivity index (χ1) is 9.47. The van der Waals surface area contributed by atoms with Crippen LogP contribution in [-0.2, 0) is 0 Å². The Morgan fingerprint density at radius 1 is 0.850 bits per heavy atom. The number of Topliss-reactive ketones (excluding diaryl/α,β-unsaturated/α-hetero) is 2. The van der Waals surface area contributed by atoms with Crippen molar-refractivity contribution in [3.63, 3.8) is 0 Å². The average molecular weight is 287 g/mol. The monoisotopic (exact) mass is 287 g/mol. The molecule has 5 heteroatoms. The lowest BCUT2D eigenvalue weighted by Gasteiger charge is -2.04. The summed E-state index contributed by atoms with van der Waals surface area (Å²) < 4.78 is 0. The molecular formula is C15H13NO3S. The number of carbonyl (C=O) groups is 3. The molecule has 0 fully saturated rings. The molecule has 0 saturated carbocycles. The molecule has 0 saturated heterocycles. The smallest absolute Gasteiger partial charge is 0.265 e. The molecule has 4 nitrogen and oxygen atoms in total. The first kappa shape index (κ1) is 14.1. The molecule has 0 bridgehead atoms. The summed E-state index contributed by atoms with van der Waals surface area (Å²) in [6, 6.07) is 9.93. The van der Waals surface area contributed by atoms with Crippen LogP contribution in [0.3, 0.4) is 0 Å². The van der Waals surface area contributed by atoms with Gasteiger partial charge >= 0.3 is 0 Å². The van der Waals surface area contributed by atoms with E-state index >= 15 is 0 Å². The molecule has 1 aromatic carbocycles. The van der Waals surface area contributed by atoms with Gasteiger partial charge in [0.15, 0.2) is 11.6 Å². The second-order valence-electron chi connectivity index (χ2n) is 4.31. The van der Waals surface area contributed by atoms with Crippen LogP contribution in [0.15, 0.2) is 36.4 Å². The predicted octanol–water partition coefficient (Wildman–Crippen LogP) is 3.41. The zero-order chi connectivity index (χ0) is 14.7. The first-order valence-corrected chi connectivity index (χ1v) is 6.82. The standard InChI is InChI=1S/C15H13NO3S/c1-9(17)11-3-5-12(6-4-11)16-15(19)14-8-7-13(20-14)10(2)18/h3-8H,1-2H3,(H,16,19). The molecule has 2 aromatic rings. The lowest BCUT2D eigenvalue weighted by atomic mass is 10.1. The van der Waals surface area contributed by atoms with Gasteiger partial charge in [-0.25, -0.2) is 0 Å². The van der Waals surface area contributed by atoms with Gasteiger partial charge in [0.25, 0.3) is 5.91 Å². The van der Waals surface area contributed by atoms with Crippen molar-refractivity contribution < 1.29 is 14.4 Å². The minimum atomic E-state index is -0.266. The second-order valence-corrected chi connectivity index (χ2v) is 5.39. The first-order valence-electron chi connectivity index (χ1n) is 6.00. The zero-order valence-corrected chi connectivity index (χ0v) is 11.9. The lowest BCUT2D eigenvalue weighted by Crippen LogP contribution is -2.10. The van der Waals surface area contributed by atoms with Gasteiger partial charge in [-0.15, -0.1) is 11.3 Å². The van der Waals surface area contributed by atoms with Gasteiger partial charge in [-0.3, -0.25) is 14.4 Å². The van der Waals surface area contributed by atoms with Gasteiger partial charge in [-0.2, -0.15) is 0 Å². The number of thiophene rings is 1. The van der Waals surface area contributed by atoms with E-state index in [0.717, 1.165) is 11.3 Å². The van der Waals surface area contributed by atoms with Crippen molar-refractivity contribution in [1.82, 2.24) is 0 Å². The Bertz CT molecular complexity index is 671. The third kappa shape index (κ3) is 3.19. The van der Waals surface area contributed by atoms with E-state index in [0.29, 0.717) is 21.0 Å². The molecule has 1 aromatic heterocycles. The molecule has 0 aliphatic rings. The Morgan fingerprint density at radius 2 is 1.45 bits per heavy atom. The maximum absolute atomic E-state index is 12.0. The lowest BCUT2D eigenvalue weighted by molar-refractivity contribution is 0.101. The van der Waals surface area contributed by atoms with Crippen molar-refractivity contribution in [2.75, 3.05) is 5.32 Å². The van der Waals surface area contributed by atoms with Crippen LogP contribution < -0.4 is 5.32 Å². The highest BCUT2D eigenvalue weighted by Gasteiger charge is 2.11. The Kier molecular flexibility index (Phi) is 4.10. The Morgan fingerprint density at radius 3 is 1.95 bits per heavy atom. The Hall–Kier alpha value is -2.27. The van der Waals surface area contributed by atoms with Crippen LogP contribution in [0, 0.1) is 0 Å². The van der Waals surface area contributed by atoms with Crippen LogP contribution in [0.4, 0.5) is 5.69 Å². The second kappa shape index (κ2) is 5.79. The summed E-state index contributed by atoms with van der Waals surface area (Å²) in [5, 5.41) is 2.73. The fourth-order valence-corrected chi connectivity index (χ4v) is 2.43. The minimum Gasteiger partial charge on any atom is -0.321 e. The molecule has 0 unspecified atom stereocenters. The molecule has 0 radical (unpaired) electrons. The normalized spacial score (nSPS) is 10.1. The number of anilines is 1. The summed E-state index contributed by atoms with van der Waals surface area (Å²) in [4.78, 5) is 35.4. The fraction of sp³-hybridized carbons (Fsp3) is 0.133. The molecule has 1 amide bonds. The number of hydrogen-bond donors (Lipinski definition) is 1. The van der Waals surface area contributed by atoms with Crippen LogP contribution in [0.25, 0.3) is 0 Å². The fourth-order valence-electron chi connectivity index (χ4n) is 1.63. The quantitative estimate of drug-likeness (QED) is 0.876. The van der Waals surface area contributed by atoms with E-state index in [1.54, 1.807) is 36.4 Å². The molecule has 1 N–H and O–H groups in total. The van der Waals surface area contributed by atoms with Crippen molar-refractivity contribution in [3.05, 3.63) is 51.7 Å². The molecule has 20 heavy (non-hydrogen) atoms. The van der Waals surface area contributed by atoms with Crippen molar-refractivity contribution in [3.8, 4) is 0 Å². The zero-order valence-electron chi connectivity index (χ0n) is 11.1. The van der Waals surface area contributed by atoms with Crippen molar-refractivity contribution in [2.45, 2.75) is 13.8 Å². The average Bonchev–Trinajstić information content (AvgIpc) is 2.89. The number of amides is 1. The van der Waals surface area contributed by atoms with Gasteiger partial charge in [0, 0.05) is 11.3 Å². The summed E-state index contributed by atoms with van der Waals surface area (Å²) in [6.45, 7) is 2.95. The van der Waals surface area contributed by atoms with E-state index < -0.39 is 0 Å². The topological polar surface area (TPSA) is 63.2 Å². The Labute approximate surface area is 120 Å². The van der Waals surface area contributed by atoms with Crippen molar-refractivity contribution >= 4 is 34.5 Å². The van der Waals surface area contributed by atoms with Crippen molar-refractivity contribution in [2.24, 2.45) is 0 Å². The van der Waals surface area contributed by atoms with E-state index in [1.807, 2.05) is 0 Å². The molecule has 0 aliphatic heterocycles. The maximum Gasteiger partial charge on any atom is 0.265 e. The summed E-state index contributed by atoms with van der Waals surface area (Å²) in [5.41, 5.74) is 1.20. The van der Waals surface area contributed by atoms with E-state index in [4.69, 9.17) is 0 Å². The number of benzene rings is 1. The SMILES string of the molecule is CC(=O)c1ccc(NC(=O)c2ccc(C(C)=O)s2)cc1. The van der Waals surface area contributed by atoms with Gasteiger partial charge in [-0.1, -0.05) is 0 Å². The molecule has 0 atom stereocenters. The van der Waals surface area contributed by atoms with Crippen LogP contribution in [-0.4, -0.2) is 17.5 Å². The highest BCUT2D eigenvalue weighted by atomic mass is 32.1. The molecule has 1 heterocycles.